The van der Waals surface area contributed by atoms with Crippen LogP contribution in [0.15, 0.2) is 36.9 Å². The highest BCUT2D eigenvalue weighted by atomic mass is 35.5. The Balaban J connectivity index is 1.95. The van der Waals surface area contributed by atoms with Crippen molar-refractivity contribution >= 4 is 45.6 Å². The van der Waals surface area contributed by atoms with Gasteiger partial charge in [-0.3, -0.25) is 4.98 Å². The maximum absolute atomic E-state index is 8.66. The first-order valence-electron chi connectivity index (χ1n) is 7.07. The van der Waals surface area contributed by atoms with Crippen LogP contribution in [0.25, 0.3) is 10.9 Å². The average molecular weight is 346 g/mol. The van der Waals surface area contributed by atoms with E-state index in [0.717, 1.165) is 23.9 Å². The highest BCUT2D eigenvalue weighted by Crippen LogP contribution is 2.33. The van der Waals surface area contributed by atoms with Crippen molar-refractivity contribution in [2.24, 2.45) is 0 Å². The van der Waals surface area contributed by atoms with Crippen LogP contribution in [0.2, 0.25) is 10.0 Å². The Kier molecular flexibility index (Phi) is 4.65. The van der Waals surface area contributed by atoms with E-state index in [0.29, 0.717) is 28.0 Å². The molecule has 0 aliphatic heterocycles. The number of unbranched alkanes of at least 4 members (excludes halogenated alkanes) is 1. The van der Waals surface area contributed by atoms with E-state index in [1.807, 2.05) is 18.3 Å². The van der Waals surface area contributed by atoms with E-state index in [1.54, 1.807) is 6.20 Å². The van der Waals surface area contributed by atoms with Crippen LogP contribution < -0.4 is 5.32 Å². The number of nitrogens with one attached hydrogen (secondary N) is 1. The summed E-state index contributed by atoms with van der Waals surface area (Å²) >= 11 is 12.3. The summed E-state index contributed by atoms with van der Waals surface area (Å²) in [5.74, 6) is 0.677. The van der Waals surface area contributed by atoms with Gasteiger partial charge in [-0.05, 0) is 18.6 Å². The third-order valence-corrected chi connectivity index (χ3v) is 4.06. The lowest BCUT2D eigenvalue weighted by Gasteiger charge is -2.10. The molecule has 5 nitrogen and oxygen atoms in total. The molecule has 0 saturated carbocycles. The van der Waals surface area contributed by atoms with E-state index in [9.17, 15) is 0 Å². The second-order valence-electron chi connectivity index (χ2n) is 4.97. The standard InChI is InChI=1S/C16H13Cl2N5/c17-12-9-20-10-13(18)15(12)22-16-11-4-8-23(7-2-1-5-19)14(11)3-6-21-16/h3-4,6,8-10H,1-2,7H2,(H,20,21,22). The molecule has 0 unspecified atom stereocenters. The molecule has 3 aromatic heterocycles. The van der Waals surface area contributed by atoms with Crippen molar-refractivity contribution in [3.05, 3.63) is 47.0 Å². The lowest BCUT2D eigenvalue weighted by Crippen LogP contribution is -1.98. The van der Waals surface area contributed by atoms with Crippen LogP contribution in [0.5, 0.6) is 0 Å². The molecule has 0 amide bonds. The summed E-state index contributed by atoms with van der Waals surface area (Å²) in [4.78, 5) is 8.32. The summed E-state index contributed by atoms with van der Waals surface area (Å²) in [5, 5.41) is 13.7. The number of pyridine rings is 2. The number of hydrogen-bond acceptors (Lipinski definition) is 4. The monoisotopic (exact) mass is 345 g/mol. The Labute approximate surface area is 143 Å². The summed E-state index contributed by atoms with van der Waals surface area (Å²) in [5.41, 5.74) is 1.63. The Morgan fingerprint density at radius 2 is 2.00 bits per heavy atom. The molecule has 0 radical (unpaired) electrons. The Hall–Kier alpha value is -2.29. The largest absolute Gasteiger partial charge is 0.347 e. The lowest BCUT2D eigenvalue weighted by atomic mass is 10.3. The Morgan fingerprint density at radius 1 is 1.22 bits per heavy atom. The van der Waals surface area contributed by atoms with Gasteiger partial charge in [0.25, 0.3) is 0 Å². The molecule has 0 spiro atoms. The Morgan fingerprint density at radius 3 is 2.74 bits per heavy atom. The molecule has 0 atom stereocenters. The smallest absolute Gasteiger partial charge is 0.139 e. The molecule has 3 heterocycles. The molecule has 116 valence electrons. The van der Waals surface area contributed by atoms with Crippen LogP contribution in [0.3, 0.4) is 0 Å². The molecule has 3 rings (SSSR count). The molecule has 7 heteroatoms. The van der Waals surface area contributed by atoms with Gasteiger partial charge < -0.3 is 9.88 Å². The van der Waals surface area contributed by atoms with Crippen LogP contribution in [-0.4, -0.2) is 14.5 Å². The van der Waals surface area contributed by atoms with Gasteiger partial charge in [-0.2, -0.15) is 5.26 Å². The van der Waals surface area contributed by atoms with Gasteiger partial charge in [0.15, 0.2) is 0 Å². The number of rotatable bonds is 5. The van der Waals surface area contributed by atoms with Gasteiger partial charge in [0.1, 0.15) is 5.82 Å². The summed E-state index contributed by atoms with van der Waals surface area (Å²) < 4.78 is 2.11. The molecule has 0 bridgehead atoms. The van der Waals surface area contributed by atoms with Crippen molar-refractivity contribution in [3.8, 4) is 6.07 Å². The Bertz CT molecular complexity index is 862. The zero-order chi connectivity index (χ0) is 16.2. The molecule has 1 N–H and O–H groups in total. The minimum atomic E-state index is 0.435. The molecular weight excluding hydrogens is 333 g/mol. The quantitative estimate of drug-likeness (QED) is 0.675. The minimum Gasteiger partial charge on any atom is -0.347 e. The number of nitrogens with zero attached hydrogens (tertiary/aromatic N) is 4. The zero-order valence-electron chi connectivity index (χ0n) is 12.1. The highest BCUT2D eigenvalue weighted by Gasteiger charge is 2.11. The maximum Gasteiger partial charge on any atom is 0.139 e. The van der Waals surface area contributed by atoms with Crippen LogP contribution in [0.1, 0.15) is 12.8 Å². The molecular formula is C16H13Cl2N5. The minimum absolute atomic E-state index is 0.435. The van der Waals surface area contributed by atoms with Crippen molar-refractivity contribution in [2.45, 2.75) is 19.4 Å². The number of aromatic nitrogens is 3. The first-order chi connectivity index (χ1) is 11.2. The first-order valence-corrected chi connectivity index (χ1v) is 7.83. The van der Waals surface area contributed by atoms with E-state index in [1.165, 1.54) is 12.4 Å². The van der Waals surface area contributed by atoms with Crippen LogP contribution in [0, 0.1) is 11.3 Å². The molecule has 0 saturated heterocycles. The lowest BCUT2D eigenvalue weighted by molar-refractivity contribution is 0.674. The number of fused-ring (bicyclic) bond motifs is 1. The van der Waals surface area contributed by atoms with Gasteiger partial charge in [-0.25, -0.2) is 4.98 Å². The SMILES string of the molecule is N#CCCCn1ccc2c(Nc3c(Cl)cncc3Cl)nccc21. The van der Waals surface area contributed by atoms with Gasteiger partial charge in [0, 0.05) is 43.1 Å². The topological polar surface area (TPSA) is 66.5 Å². The average Bonchev–Trinajstić information content (AvgIpc) is 2.95. The maximum atomic E-state index is 8.66. The molecule has 3 aromatic rings. The number of anilines is 2. The van der Waals surface area contributed by atoms with Crippen molar-refractivity contribution in [3.63, 3.8) is 0 Å². The number of hydrogen-bond donors (Lipinski definition) is 1. The summed E-state index contributed by atoms with van der Waals surface area (Å²) in [7, 11) is 0. The third kappa shape index (κ3) is 3.24. The predicted molar refractivity (Wildman–Crippen MR) is 92.1 cm³/mol. The fourth-order valence-electron chi connectivity index (χ4n) is 2.39. The van der Waals surface area contributed by atoms with Crippen molar-refractivity contribution in [1.29, 1.82) is 5.26 Å². The highest BCUT2D eigenvalue weighted by molar-refractivity contribution is 6.39. The van der Waals surface area contributed by atoms with Crippen molar-refractivity contribution < 1.29 is 0 Å². The molecule has 0 aliphatic rings. The predicted octanol–water partition coefficient (Wildman–Crippen LogP) is 4.79. The van der Waals surface area contributed by atoms with Gasteiger partial charge >= 0.3 is 0 Å². The molecule has 0 aliphatic carbocycles. The van der Waals surface area contributed by atoms with E-state index in [2.05, 4.69) is 25.9 Å². The fraction of sp³-hybridized carbons (Fsp3) is 0.188. The van der Waals surface area contributed by atoms with Crippen molar-refractivity contribution in [1.82, 2.24) is 14.5 Å². The van der Waals surface area contributed by atoms with Crippen LogP contribution in [0.4, 0.5) is 11.5 Å². The number of aryl methyl sites for hydroxylation is 1. The van der Waals surface area contributed by atoms with E-state index >= 15 is 0 Å². The van der Waals surface area contributed by atoms with E-state index in [-0.39, 0.29) is 0 Å². The third-order valence-electron chi connectivity index (χ3n) is 3.48. The molecule has 23 heavy (non-hydrogen) atoms. The summed E-state index contributed by atoms with van der Waals surface area (Å²) in [6, 6.07) is 6.09. The van der Waals surface area contributed by atoms with Gasteiger partial charge in [-0.15, -0.1) is 0 Å². The van der Waals surface area contributed by atoms with E-state index in [4.69, 9.17) is 28.5 Å². The fourth-order valence-corrected chi connectivity index (χ4v) is 2.85. The number of nitriles is 1. The summed E-state index contributed by atoms with van der Waals surface area (Å²) in [6.07, 6.45) is 8.14. The first kappa shape index (κ1) is 15.6. The normalized spacial score (nSPS) is 10.7. The number of halogens is 2. The van der Waals surface area contributed by atoms with Gasteiger partial charge in [0.05, 0.1) is 27.3 Å². The van der Waals surface area contributed by atoms with Crippen LogP contribution >= 0.6 is 23.2 Å². The second-order valence-corrected chi connectivity index (χ2v) is 5.78. The van der Waals surface area contributed by atoms with Crippen LogP contribution in [-0.2, 0) is 6.54 Å². The van der Waals surface area contributed by atoms with Crippen molar-refractivity contribution in [2.75, 3.05) is 5.32 Å². The molecule has 0 fully saturated rings. The van der Waals surface area contributed by atoms with Gasteiger partial charge in [-0.1, -0.05) is 23.2 Å². The molecule has 0 aromatic carbocycles. The van der Waals surface area contributed by atoms with Gasteiger partial charge in [0.2, 0.25) is 0 Å². The zero-order valence-corrected chi connectivity index (χ0v) is 13.6. The second kappa shape index (κ2) is 6.86. The summed E-state index contributed by atoms with van der Waals surface area (Å²) in [6.45, 7) is 0.789. The van der Waals surface area contributed by atoms with E-state index < -0.39 is 0 Å².